The number of fused-ring (bicyclic) bond motifs is 1. The Hall–Kier alpha value is -2.28. The van der Waals surface area contributed by atoms with E-state index in [4.69, 9.17) is 0 Å². The van der Waals surface area contributed by atoms with E-state index in [1.165, 1.54) is 4.80 Å². The molecule has 0 aliphatic carbocycles. The highest BCUT2D eigenvalue weighted by Gasteiger charge is 2.31. The molecule has 7 heteroatoms. The van der Waals surface area contributed by atoms with Crippen molar-refractivity contribution in [3.63, 3.8) is 0 Å². The quantitative estimate of drug-likeness (QED) is 0.903. The lowest BCUT2D eigenvalue weighted by molar-refractivity contribution is -0.132. The lowest BCUT2D eigenvalue weighted by Gasteiger charge is -2.20. The number of amides is 1. The number of likely N-dealkylation sites (tertiary alicyclic amines) is 1. The van der Waals surface area contributed by atoms with Crippen LogP contribution in [-0.4, -0.2) is 57.2 Å². The molecule has 0 unspecified atom stereocenters. The fourth-order valence-corrected chi connectivity index (χ4v) is 3.70. The van der Waals surface area contributed by atoms with Crippen molar-refractivity contribution < 1.29 is 4.79 Å². The SMILES string of the molecule is O=C(Cn1nnc(-c2ccccc2)n1)N1CC[C@@H]2CNC[C@@H]2CC1. The highest BCUT2D eigenvalue weighted by molar-refractivity contribution is 5.75. The number of aromatic nitrogens is 4. The topological polar surface area (TPSA) is 75.9 Å². The van der Waals surface area contributed by atoms with Crippen LogP contribution in [-0.2, 0) is 11.3 Å². The van der Waals surface area contributed by atoms with Crippen molar-refractivity contribution in [3.05, 3.63) is 30.3 Å². The molecule has 1 amide bonds. The van der Waals surface area contributed by atoms with E-state index < -0.39 is 0 Å². The number of benzene rings is 1. The van der Waals surface area contributed by atoms with Gasteiger partial charge in [0, 0.05) is 18.7 Å². The molecule has 0 radical (unpaired) electrons. The Morgan fingerprint density at radius 3 is 2.54 bits per heavy atom. The van der Waals surface area contributed by atoms with Crippen LogP contribution in [0.2, 0.25) is 0 Å². The van der Waals surface area contributed by atoms with Crippen LogP contribution in [0.5, 0.6) is 0 Å². The van der Waals surface area contributed by atoms with Crippen LogP contribution >= 0.6 is 0 Å². The Kier molecular flexibility index (Phi) is 4.25. The van der Waals surface area contributed by atoms with Gasteiger partial charge >= 0.3 is 0 Å². The molecule has 1 N–H and O–H groups in total. The number of nitrogens with one attached hydrogen (secondary N) is 1. The maximum Gasteiger partial charge on any atom is 0.246 e. The zero-order valence-corrected chi connectivity index (χ0v) is 13.6. The summed E-state index contributed by atoms with van der Waals surface area (Å²) in [5.41, 5.74) is 0.909. The Balaban J connectivity index is 1.38. The van der Waals surface area contributed by atoms with Crippen molar-refractivity contribution in [2.24, 2.45) is 11.8 Å². The van der Waals surface area contributed by atoms with Gasteiger partial charge in [-0.25, -0.2) is 0 Å². The minimum atomic E-state index is 0.0833. The van der Waals surface area contributed by atoms with Gasteiger partial charge < -0.3 is 10.2 Å². The summed E-state index contributed by atoms with van der Waals surface area (Å²) in [6, 6.07) is 9.69. The van der Waals surface area contributed by atoms with Crippen LogP contribution in [0.15, 0.2) is 30.3 Å². The standard InChI is InChI=1S/C17H22N6O/c24-16(22-8-6-14-10-18-11-15(14)7-9-22)12-23-20-17(19-21-23)13-4-2-1-3-5-13/h1-5,14-15,18H,6-12H2/t14-,15+. The fraction of sp³-hybridized carbons (Fsp3) is 0.529. The normalized spacial score (nSPS) is 23.8. The Labute approximate surface area is 141 Å². The predicted molar refractivity (Wildman–Crippen MR) is 88.9 cm³/mol. The van der Waals surface area contributed by atoms with Crippen LogP contribution < -0.4 is 5.32 Å². The number of tetrazole rings is 1. The molecule has 2 fully saturated rings. The molecular weight excluding hydrogens is 304 g/mol. The van der Waals surface area contributed by atoms with Crippen molar-refractivity contribution in [2.75, 3.05) is 26.2 Å². The molecule has 3 heterocycles. The second-order valence-electron chi connectivity index (χ2n) is 6.65. The molecule has 0 saturated carbocycles. The largest absolute Gasteiger partial charge is 0.341 e. The molecular formula is C17H22N6O. The van der Waals surface area contributed by atoms with Gasteiger partial charge in [0.25, 0.3) is 0 Å². The highest BCUT2D eigenvalue weighted by Crippen LogP contribution is 2.27. The van der Waals surface area contributed by atoms with E-state index in [0.717, 1.165) is 56.4 Å². The summed E-state index contributed by atoms with van der Waals surface area (Å²) < 4.78 is 0. The molecule has 0 bridgehead atoms. The zero-order chi connectivity index (χ0) is 16.4. The first-order valence-electron chi connectivity index (χ1n) is 8.61. The van der Waals surface area contributed by atoms with E-state index in [1.807, 2.05) is 35.2 Å². The van der Waals surface area contributed by atoms with Gasteiger partial charge in [0.05, 0.1) is 0 Å². The van der Waals surface area contributed by atoms with E-state index in [1.54, 1.807) is 0 Å². The molecule has 2 atom stereocenters. The third-order valence-electron chi connectivity index (χ3n) is 5.13. The molecule has 1 aromatic carbocycles. The molecule has 2 saturated heterocycles. The minimum Gasteiger partial charge on any atom is -0.341 e. The molecule has 24 heavy (non-hydrogen) atoms. The second-order valence-corrected chi connectivity index (χ2v) is 6.65. The molecule has 0 spiro atoms. The Morgan fingerprint density at radius 2 is 1.83 bits per heavy atom. The van der Waals surface area contributed by atoms with Crippen molar-refractivity contribution >= 4 is 5.91 Å². The lowest BCUT2D eigenvalue weighted by Crippen LogP contribution is -2.35. The van der Waals surface area contributed by atoms with Gasteiger partial charge in [0.15, 0.2) is 0 Å². The van der Waals surface area contributed by atoms with E-state index in [-0.39, 0.29) is 12.5 Å². The van der Waals surface area contributed by atoms with Crippen molar-refractivity contribution in [1.82, 2.24) is 30.4 Å². The summed E-state index contributed by atoms with van der Waals surface area (Å²) in [6.07, 6.45) is 2.17. The minimum absolute atomic E-state index is 0.0833. The number of hydrogen-bond donors (Lipinski definition) is 1. The lowest BCUT2D eigenvalue weighted by atomic mass is 9.92. The zero-order valence-electron chi connectivity index (χ0n) is 13.6. The van der Waals surface area contributed by atoms with Gasteiger partial charge in [0.2, 0.25) is 11.7 Å². The van der Waals surface area contributed by atoms with Gasteiger partial charge in [-0.3, -0.25) is 4.79 Å². The summed E-state index contributed by atoms with van der Waals surface area (Å²) in [4.78, 5) is 15.9. The number of nitrogens with zero attached hydrogens (tertiary/aromatic N) is 5. The molecule has 2 aliphatic rings. The third-order valence-corrected chi connectivity index (χ3v) is 5.13. The molecule has 2 aliphatic heterocycles. The summed E-state index contributed by atoms with van der Waals surface area (Å²) in [5, 5.41) is 15.9. The van der Waals surface area contributed by atoms with Crippen molar-refractivity contribution in [3.8, 4) is 11.4 Å². The van der Waals surface area contributed by atoms with E-state index in [9.17, 15) is 4.79 Å². The van der Waals surface area contributed by atoms with Crippen molar-refractivity contribution in [1.29, 1.82) is 0 Å². The van der Waals surface area contributed by atoms with E-state index >= 15 is 0 Å². The summed E-state index contributed by atoms with van der Waals surface area (Å²) >= 11 is 0. The monoisotopic (exact) mass is 326 g/mol. The number of hydrogen-bond acceptors (Lipinski definition) is 5. The Morgan fingerprint density at radius 1 is 1.12 bits per heavy atom. The maximum atomic E-state index is 12.6. The van der Waals surface area contributed by atoms with E-state index in [0.29, 0.717) is 5.82 Å². The number of carbonyl (C=O) groups excluding carboxylic acids is 1. The molecule has 126 valence electrons. The van der Waals surface area contributed by atoms with Crippen LogP contribution in [0, 0.1) is 11.8 Å². The molecule has 2 aromatic rings. The first kappa shape index (κ1) is 15.3. The first-order valence-corrected chi connectivity index (χ1v) is 8.61. The maximum absolute atomic E-state index is 12.6. The van der Waals surface area contributed by atoms with Crippen LogP contribution in [0.4, 0.5) is 0 Å². The molecule has 4 rings (SSSR count). The van der Waals surface area contributed by atoms with Gasteiger partial charge in [-0.15, -0.1) is 10.2 Å². The predicted octanol–water partition coefficient (Wildman–Crippen LogP) is 0.798. The van der Waals surface area contributed by atoms with Gasteiger partial charge in [0.1, 0.15) is 6.54 Å². The number of rotatable bonds is 3. The smallest absolute Gasteiger partial charge is 0.246 e. The van der Waals surface area contributed by atoms with Crippen molar-refractivity contribution in [2.45, 2.75) is 19.4 Å². The van der Waals surface area contributed by atoms with Gasteiger partial charge in [-0.1, -0.05) is 30.3 Å². The highest BCUT2D eigenvalue weighted by atomic mass is 16.2. The summed E-state index contributed by atoms with van der Waals surface area (Å²) in [7, 11) is 0. The average molecular weight is 326 g/mol. The van der Waals surface area contributed by atoms with E-state index in [2.05, 4.69) is 20.7 Å². The molecule has 1 aromatic heterocycles. The summed E-state index contributed by atoms with van der Waals surface area (Å²) in [5.74, 6) is 2.08. The number of carbonyl (C=O) groups is 1. The summed E-state index contributed by atoms with van der Waals surface area (Å²) in [6.45, 7) is 4.02. The average Bonchev–Trinajstić information content (AvgIpc) is 3.21. The van der Waals surface area contributed by atoms with Gasteiger partial charge in [-0.05, 0) is 43.0 Å². The molecule has 7 nitrogen and oxygen atoms in total. The van der Waals surface area contributed by atoms with Crippen LogP contribution in [0.3, 0.4) is 0 Å². The second kappa shape index (κ2) is 6.68. The third kappa shape index (κ3) is 3.17. The van der Waals surface area contributed by atoms with Crippen LogP contribution in [0.1, 0.15) is 12.8 Å². The van der Waals surface area contributed by atoms with Crippen LogP contribution in [0.25, 0.3) is 11.4 Å². The van der Waals surface area contributed by atoms with Gasteiger partial charge in [-0.2, -0.15) is 4.80 Å². The first-order chi connectivity index (χ1) is 11.8. The fourth-order valence-electron chi connectivity index (χ4n) is 3.70. The Bertz CT molecular complexity index is 686.